The highest BCUT2D eigenvalue weighted by molar-refractivity contribution is 6.30. The van der Waals surface area contributed by atoms with Gasteiger partial charge >= 0.3 is 0 Å². The average Bonchev–Trinajstić information content (AvgIpc) is 2.57. The summed E-state index contributed by atoms with van der Waals surface area (Å²) in [6, 6.07) is 4.61. The lowest BCUT2D eigenvalue weighted by Crippen LogP contribution is -2.38. The van der Waals surface area contributed by atoms with E-state index in [1.807, 2.05) is 6.92 Å². The standard InChI is InChI=1S/C19H24ClFN2O/c1-3-13-14(6-5-7-18(13)23-19(24)4-2)16(11-22)15-9-8-12(20)10-17(15)21/h8-11,18H,3-7,22H2,1-2H3,(H,23,24)/b16-11+. The van der Waals surface area contributed by atoms with Gasteiger partial charge in [0, 0.05) is 28.8 Å². The molecule has 0 saturated carbocycles. The summed E-state index contributed by atoms with van der Waals surface area (Å²) in [6.07, 6.45) is 5.36. The van der Waals surface area contributed by atoms with Crippen LogP contribution in [0.5, 0.6) is 0 Å². The summed E-state index contributed by atoms with van der Waals surface area (Å²) in [4.78, 5) is 11.8. The van der Waals surface area contributed by atoms with Crippen LogP contribution in [0.25, 0.3) is 5.57 Å². The largest absolute Gasteiger partial charge is 0.404 e. The highest BCUT2D eigenvalue weighted by Gasteiger charge is 2.26. The third kappa shape index (κ3) is 3.99. The van der Waals surface area contributed by atoms with E-state index in [1.165, 1.54) is 12.3 Å². The molecule has 1 aromatic carbocycles. The van der Waals surface area contributed by atoms with Crippen LogP contribution in [0, 0.1) is 5.82 Å². The molecule has 0 heterocycles. The van der Waals surface area contributed by atoms with Gasteiger partial charge in [-0.15, -0.1) is 0 Å². The van der Waals surface area contributed by atoms with Crippen molar-refractivity contribution in [2.75, 3.05) is 0 Å². The average molecular weight is 351 g/mol. The molecule has 1 aliphatic carbocycles. The zero-order valence-electron chi connectivity index (χ0n) is 14.2. The molecule has 3 N–H and O–H groups in total. The SMILES string of the molecule is CCC(=O)NC1CCCC(/C(=C\N)c2ccc(Cl)cc2F)=C1CC. The maximum Gasteiger partial charge on any atom is 0.220 e. The minimum atomic E-state index is -0.387. The Morgan fingerprint density at radius 2 is 2.21 bits per heavy atom. The van der Waals surface area contributed by atoms with Gasteiger partial charge in [0.25, 0.3) is 0 Å². The Kier molecular flexibility index (Phi) is 6.44. The molecule has 130 valence electrons. The number of amides is 1. The fraction of sp³-hybridized carbons (Fsp3) is 0.421. The summed E-state index contributed by atoms with van der Waals surface area (Å²) in [5.74, 6) is -0.356. The predicted octanol–water partition coefficient (Wildman–Crippen LogP) is 4.56. The van der Waals surface area contributed by atoms with Crippen LogP contribution in [-0.2, 0) is 4.79 Å². The molecular formula is C19H24ClFN2O. The Hall–Kier alpha value is -1.81. The van der Waals surface area contributed by atoms with Gasteiger partial charge in [-0.1, -0.05) is 25.4 Å². The fourth-order valence-corrected chi connectivity index (χ4v) is 3.47. The maximum atomic E-state index is 14.4. The predicted molar refractivity (Wildman–Crippen MR) is 97.0 cm³/mol. The monoisotopic (exact) mass is 350 g/mol. The van der Waals surface area contributed by atoms with E-state index >= 15 is 0 Å². The van der Waals surface area contributed by atoms with Gasteiger partial charge in [-0.05, 0) is 55.0 Å². The highest BCUT2D eigenvalue weighted by Crippen LogP contribution is 2.37. The minimum absolute atomic E-state index is 0.00323. The summed E-state index contributed by atoms with van der Waals surface area (Å²) >= 11 is 5.85. The van der Waals surface area contributed by atoms with Gasteiger partial charge in [0.2, 0.25) is 5.91 Å². The van der Waals surface area contributed by atoms with Crippen LogP contribution in [0.1, 0.15) is 51.5 Å². The molecule has 1 amide bonds. The summed E-state index contributed by atoms with van der Waals surface area (Å²) < 4.78 is 14.4. The van der Waals surface area contributed by atoms with Gasteiger partial charge in [0.1, 0.15) is 5.82 Å². The maximum absolute atomic E-state index is 14.4. The first-order valence-electron chi connectivity index (χ1n) is 8.40. The first-order chi connectivity index (χ1) is 11.5. The number of hydrogen-bond donors (Lipinski definition) is 2. The van der Waals surface area contributed by atoms with Crippen molar-refractivity contribution in [3.63, 3.8) is 0 Å². The Morgan fingerprint density at radius 3 is 2.79 bits per heavy atom. The van der Waals surface area contributed by atoms with Gasteiger partial charge in [0.05, 0.1) is 6.04 Å². The lowest BCUT2D eigenvalue weighted by molar-refractivity contribution is -0.121. The van der Waals surface area contributed by atoms with Crippen LogP contribution < -0.4 is 11.1 Å². The van der Waals surface area contributed by atoms with Crippen LogP contribution in [-0.4, -0.2) is 11.9 Å². The second-order valence-corrected chi connectivity index (χ2v) is 6.36. The molecule has 24 heavy (non-hydrogen) atoms. The van der Waals surface area contributed by atoms with Gasteiger partial charge in [-0.25, -0.2) is 4.39 Å². The third-order valence-corrected chi connectivity index (χ3v) is 4.71. The van der Waals surface area contributed by atoms with Crippen molar-refractivity contribution in [1.82, 2.24) is 5.32 Å². The van der Waals surface area contributed by atoms with Crippen molar-refractivity contribution in [1.29, 1.82) is 0 Å². The topological polar surface area (TPSA) is 55.1 Å². The molecule has 0 spiro atoms. The summed E-state index contributed by atoms with van der Waals surface area (Å²) in [5, 5.41) is 3.43. The van der Waals surface area contributed by atoms with Crippen molar-refractivity contribution in [2.45, 2.75) is 52.0 Å². The van der Waals surface area contributed by atoms with E-state index in [-0.39, 0.29) is 17.8 Å². The first-order valence-corrected chi connectivity index (χ1v) is 8.78. The van der Waals surface area contributed by atoms with Gasteiger partial charge in [0.15, 0.2) is 0 Å². The van der Waals surface area contributed by atoms with Crippen molar-refractivity contribution < 1.29 is 9.18 Å². The number of nitrogens with two attached hydrogens (primary N) is 1. The molecule has 0 aromatic heterocycles. The summed E-state index contributed by atoms with van der Waals surface area (Å²) in [5.41, 5.74) is 9.16. The van der Waals surface area contributed by atoms with Crippen LogP contribution in [0.4, 0.5) is 4.39 Å². The van der Waals surface area contributed by atoms with Crippen LogP contribution >= 0.6 is 11.6 Å². The lowest BCUT2D eigenvalue weighted by Gasteiger charge is -2.30. The van der Waals surface area contributed by atoms with E-state index in [0.717, 1.165) is 36.8 Å². The smallest absolute Gasteiger partial charge is 0.220 e. The van der Waals surface area contributed by atoms with Crippen LogP contribution in [0.15, 0.2) is 35.5 Å². The second-order valence-electron chi connectivity index (χ2n) is 5.93. The fourth-order valence-electron chi connectivity index (χ4n) is 3.31. The molecule has 0 saturated heterocycles. The van der Waals surface area contributed by atoms with Crippen molar-refractivity contribution in [3.05, 3.63) is 51.9 Å². The Bertz CT molecular complexity index is 682. The second kappa shape index (κ2) is 8.34. The Morgan fingerprint density at radius 1 is 1.46 bits per heavy atom. The molecule has 0 fully saturated rings. The Labute approximate surface area is 147 Å². The number of carbonyl (C=O) groups is 1. The normalized spacial score (nSPS) is 18.7. The summed E-state index contributed by atoms with van der Waals surface area (Å²) in [6.45, 7) is 3.89. The Balaban J connectivity index is 2.46. The number of benzene rings is 1. The molecule has 1 aliphatic rings. The van der Waals surface area contributed by atoms with Crippen molar-refractivity contribution in [3.8, 4) is 0 Å². The van der Waals surface area contributed by atoms with Crippen molar-refractivity contribution >= 4 is 23.1 Å². The molecule has 1 aromatic rings. The van der Waals surface area contributed by atoms with Crippen LogP contribution in [0.2, 0.25) is 5.02 Å². The van der Waals surface area contributed by atoms with Crippen LogP contribution in [0.3, 0.4) is 0 Å². The molecule has 0 bridgehead atoms. The zero-order chi connectivity index (χ0) is 17.7. The highest BCUT2D eigenvalue weighted by atomic mass is 35.5. The van der Waals surface area contributed by atoms with Gasteiger partial charge in [-0.2, -0.15) is 0 Å². The summed E-state index contributed by atoms with van der Waals surface area (Å²) in [7, 11) is 0. The lowest BCUT2D eigenvalue weighted by atomic mass is 9.81. The third-order valence-electron chi connectivity index (χ3n) is 4.48. The number of allylic oxidation sites excluding steroid dienone is 2. The first kappa shape index (κ1) is 18.5. The minimum Gasteiger partial charge on any atom is -0.404 e. The number of carbonyl (C=O) groups excluding carboxylic acids is 1. The number of rotatable bonds is 5. The number of nitrogens with one attached hydrogen (secondary N) is 1. The van der Waals surface area contributed by atoms with Crippen molar-refractivity contribution in [2.24, 2.45) is 5.73 Å². The molecule has 1 atom stereocenters. The molecule has 3 nitrogen and oxygen atoms in total. The van der Waals surface area contributed by atoms with E-state index in [0.29, 0.717) is 22.6 Å². The zero-order valence-corrected chi connectivity index (χ0v) is 14.9. The van der Waals surface area contributed by atoms with E-state index in [1.54, 1.807) is 12.1 Å². The quantitative estimate of drug-likeness (QED) is 0.817. The molecule has 5 heteroatoms. The molecular weight excluding hydrogens is 327 g/mol. The molecule has 1 unspecified atom stereocenters. The van der Waals surface area contributed by atoms with Gasteiger partial charge in [-0.3, -0.25) is 4.79 Å². The molecule has 0 aliphatic heterocycles. The molecule has 2 rings (SSSR count). The van der Waals surface area contributed by atoms with E-state index < -0.39 is 0 Å². The molecule has 0 radical (unpaired) electrons. The van der Waals surface area contributed by atoms with E-state index in [4.69, 9.17) is 17.3 Å². The van der Waals surface area contributed by atoms with Gasteiger partial charge < -0.3 is 11.1 Å². The van der Waals surface area contributed by atoms with E-state index in [2.05, 4.69) is 12.2 Å². The van der Waals surface area contributed by atoms with E-state index in [9.17, 15) is 9.18 Å². The number of halogens is 2. The number of hydrogen-bond acceptors (Lipinski definition) is 2.